The van der Waals surface area contributed by atoms with Crippen LogP contribution in [0.1, 0.15) is 30.1 Å². The molecule has 1 atom stereocenters. The highest BCUT2D eigenvalue weighted by atomic mass is 16.5. The summed E-state index contributed by atoms with van der Waals surface area (Å²) in [5, 5.41) is 2.85. The van der Waals surface area contributed by atoms with Crippen molar-refractivity contribution in [2.24, 2.45) is 0 Å². The van der Waals surface area contributed by atoms with Gasteiger partial charge in [-0.05, 0) is 30.5 Å². The number of H-pyrrole nitrogens is 1. The highest BCUT2D eigenvalue weighted by molar-refractivity contribution is 5.84. The Hall–Kier alpha value is -3.35. The number of carbonyl (C=O) groups is 2. The molecule has 1 saturated heterocycles. The summed E-state index contributed by atoms with van der Waals surface area (Å²) in [7, 11) is 1.34. The van der Waals surface area contributed by atoms with Gasteiger partial charge in [0.25, 0.3) is 0 Å². The van der Waals surface area contributed by atoms with Crippen LogP contribution in [0.4, 0.5) is 4.79 Å². The van der Waals surface area contributed by atoms with E-state index in [9.17, 15) is 9.59 Å². The van der Waals surface area contributed by atoms with Gasteiger partial charge in [-0.25, -0.2) is 14.6 Å². The number of amides is 2. The number of likely N-dealkylation sites (tertiary alicyclic amines) is 1. The van der Waals surface area contributed by atoms with Crippen molar-refractivity contribution in [2.75, 3.05) is 20.2 Å². The number of esters is 1. The summed E-state index contributed by atoms with van der Waals surface area (Å²) in [6, 6.07) is 16.7. The summed E-state index contributed by atoms with van der Waals surface area (Å²) in [5.74, 6) is 0.833. The monoisotopic (exact) mass is 406 g/mol. The first-order valence-corrected chi connectivity index (χ1v) is 10.3. The lowest BCUT2D eigenvalue weighted by Gasteiger charge is -2.32. The van der Waals surface area contributed by atoms with Crippen LogP contribution >= 0.6 is 0 Å². The lowest BCUT2D eigenvalue weighted by molar-refractivity contribution is -0.142. The van der Waals surface area contributed by atoms with Crippen molar-refractivity contribution in [3.8, 4) is 0 Å². The summed E-state index contributed by atoms with van der Waals surface area (Å²) in [5.41, 5.74) is 2.97. The van der Waals surface area contributed by atoms with Gasteiger partial charge in [-0.2, -0.15) is 0 Å². The fourth-order valence-corrected chi connectivity index (χ4v) is 3.95. The molecule has 2 N–H and O–H groups in total. The minimum absolute atomic E-state index is 0.232. The number of aromatic nitrogens is 2. The molecular weight excluding hydrogens is 380 g/mol. The first-order chi connectivity index (χ1) is 14.6. The van der Waals surface area contributed by atoms with Crippen molar-refractivity contribution >= 4 is 23.0 Å². The number of hydrogen-bond acceptors (Lipinski definition) is 4. The fourth-order valence-electron chi connectivity index (χ4n) is 3.95. The summed E-state index contributed by atoms with van der Waals surface area (Å²) < 4.78 is 4.89. The maximum absolute atomic E-state index is 12.8. The van der Waals surface area contributed by atoms with Gasteiger partial charge >= 0.3 is 12.0 Å². The molecule has 2 aromatic carbocycles. The van der Waals surface area contributed by atoms with E-state index >= 15 is 0 Å². The Labute approximate surface area is 175 Å². The lowest BCUT2D eigenvalue weighted by atomic mass is 9.96. The molecule has 0 spiro atoms. The van der Waals surface area contributed by atoms with Crippen molar-refractivity contribution in [2.45, 2.75) is 31.2 Å². The number of nitrogens with one attached hydrogen (secondary N) is 2. The molecule has 4 rings (SSSR count). The average molecular weight is 406 g/mol. The zero-order valence-electron chi connectivity index (χ0n) is 17.0. The second-order valence-corrected chi connectivity index (χ2v) is 7.62. The number of fused-ring (bicyclic) bond motifs is 1. The summed E-state index contributed by atoms with van der Waals surface area (Å²) in [6.45, 7) is 1.24. The molecular formula is C23H26N4O3. The summed E-state index contributed by atoms with van der Waals surface area (Å²) in [6.07, 6.45) is 2.05. The molecule has 2 amide bonds. The van der Waals surface area contributed by atoms with E-state index in [1.54, 1.807) is 4.90 Å². The first-order valence-electron chi connectivity index (χ1n) is 10.3. The second-order valence-electron chi connectivity index (χ2n) is 7.62. The van der Waals surface area contributed by atoms with Gasteiger partial charge in [0.05, 0.1) is 18.1 Å². The van der Waals surface area contributed by atoms with Gasteiger partial charge < -0.3 is 19.9 Å². The third-order valence-electron chi connectivity index (χ3n) is 5.64. The highest BCUT2D eigenvalue weighted by Gasteiger charge is 2.29. The number of urea groups is 1. The van der Waals surface area contributed by atoms with Crippen LogP contribution in [0.25, 0.3) is 11.0 Å². The lowest BCUT2D eigenvalue weighted by Crippen LogP contribution is -2.51. The Bertz CT molecular complexity index is 976. The van der Waals surface area contributed by atoms with Crippen LogP contribution in [0.15, 0.2) is 54.6 Å². The quantitative estimate of drug-likeness (QED) is 0.637. The van der Waals surface area contributed by atoms with Crippen LogP contribution in [0.3, 0.4) is 0 Å². The Kier molecular flexibility index (Phi) is 5.97. The molecule has 0 unspecified atom stereocenters. The molecule has 1 aromatic heterocycles. The predicted octanol–water partition coefficient (Wildman–Crippen LogP) is 3.24. The molecule has 2 heterocycles. The Morgan fingerprint density at radius 2 is 1.83 bits per heavy atom. The van der Waals surface area contributed by atoms with Crippen molar-refractivity contribution in [3.63, 3.8) is 0 Å². The molecule has 1 fully saturated rings. The van der Waals surface area contributed by atoms with Gasteiger partial charge in [-0.15, -0.1) is 0 Å². The predicted molar refractivity (Wildman–Crippen MR) is 114 cm³/mol. The maximum Gasteiger partial charge on any atom is 0.328 e. The Balaban J connectivity index is 1.36. The van der Waals surface area contributed by atoms with E-state index in [1.807, 2.05) is 54.6 Å². The van der Waals surface area contributed by atoms with Crippen LogP contribution in [0.5, 0.6) is 0 Å². The van der Waals surface area contributed by atoms with Gasteiger partial charge in [-0.1, -0.05) is 42.5 Å². The van der Waals surface area contributed by atoms with Gasteiger partial charge in [-0.3, -0.25) is 0 Å². The van der Waals surface area contributed by atoms with Crippen LogP contribution in [-0.2, 0) is 16.0 Å². The first kappa shape index (κ1) is 19.9. The average Bonchev–Trinajstić information content (AvgIpc) is 3.23. The van der Waals surface area contributed by atoms with Crippen molar-refractivity contribution in [3.05, 3.63) is 66.0 Å². The van der Waals surface area contributed by atoms with Crippen LogP contribution in [-0.4, -0.2) is 53.1 Å². The maximum atomic E-state index is 12.8. The van der Waals surface area contributed by atoms with Crippen molar-refractivity contribution in [1.29, 1.82) is 0 Å². The fraction of sp³-hybridized carbons (Fsp3) is 0.348. The van der Waals surface area contributed by atoms with Crippen molar-refractivity contribution in [1.82, 2.24) is 20.2 Å². The topological polar surface area (TPSA) is 87.3 Å². The summed E-state index contributed by atoms with van der Waals surface area (Å²) in [4.78, 5) is 34.8. The summed E-state index contributed by atoms with van der Waals surface area (Å²) >= 11 is 0. The molecule has 156 valence electrons. The zero-order chi connectivity index (χ0) is 20.9. The van der Waals surface area contributed by atoms with Gasteiger partial charge in [0, 0.05) is 25.4 Å². The SMILES string of the molecule is COC(=O)[C@@H](Cc1ccccc1)NC(=O)N1CCC(c2nc3ccccc3[nH]2)CC1. The number of imidazole rings is 1. The molecule has 0 aliphatic carbocycles. The van der Waals surface area contributed by atoms with E-state index in [-0.39, 0.29) is 6.03 Å². The standard InChI is InChI=1S/C23H26N4O3/c1-30-22(28)20(15-16-7-3-2-4-8-16)26-23(29)27-13-11-17(12-14-27)21-24-18-9-5-6-10-19(18)25-21/h2-10,17,20H,11-15H2,1H3,(H,24,25)(H,26,29)/t20-/m1/s1. The third-order valence-corrected chi connectivity index (χ3v) is 5.64. The molecule has 0 bridgehead atoms. The molecule has 0 saturated carbocycles. The molecule has 1 aliphatic heterocycles. The van der Waals surface area contributed by atoms with E-state index in [1.165, 1.54) is 7.11 Å². The van der Waals surface area contributed by atoms with Gasteiger partial charge in [0.1, 0.15) is 11.9 Å². The van der Waals surface area contributed by atoms with Crippen LogP contribution < -0.4 is 5.32 Å². The molecule has 0 radical (unpaired) electrons. The molecule has 7 heteroatoms. The van der Waals surface area contributed by atoms with E-state index in [0.29, 0.717) is 25.4 Å². The number of benzene rings is 2. The largest absolute Gasteiger partial charge is 0.467 e. The van der Waals surface area contributed by atoms with Crippen LogP contribution in [0.2, 0.25) is 0 Å². The molecule has 30 heavy (non-hydrogen) atoms. The third kappa shape index (κ3) is 4.45. The van der Waals surface area contributed by atoms with E-state index in [0.717, 1.165) is 35.3 Å². The minimum Gasteiger partial charge on any atom is -0.467 e. The number of carbonyl (C=O) groups excluding carboxylic acids is 2. The Morgan fingerprint density at radius 1 is 1.13 bits per heavy atom. The number of hydrogen-bond donors (Lipinski definition) is 2. The van der Waals surface area contributed by atoms with E-state index in [4.69, 9.17) is 9.72 Å². The van der Waals surface area contributed by atoms with Gasteiger partial charge in [0.2, 0.25) is 0 Å². The number of piperidine rings is 1. The van der Waals surface area contributed by atoms with Gasteiger partial charge in [0.15, 0.2) is 0 Å². The van der Waals surface area contributed by atoms with Crippen molar-refractivity contribution < 1.29 is 14.3 Å². The number of rotatable bonds is 5. The molecule has 7 nitrogen and oxygen atoms in total. The normalized spacial score (nSPS) is 15.7. The second kappa shape index (κ2) is 8.98. The molecule has 3 aromatic rings. The van der Waals surface area contributed by atoms with Crippen LogP contribution in [0, 0.1) is 0 Å². The highest BCUT2D eigenvalue weighted by Crippen LogP contribution is 2.27. The van der Waals surface area contributed by atoms with E-state index in [2.05, 4.69) is 10.3 Å². The Morgan fingerprint density at radius 3 is 2.53 bits per heavy atom. The number of nitrogens with zero attached hydrogens (tertiary/aromatic N) is 2. The van der Waals surface area contributed by atoms with E-state index < -0.39 is 12.0 Å². The number of aromatic amines is 1. The number of ether oxygens (including phenoxy) is 1. The zero-order valence-corrected chi connectivity index (χ0v) is 17.0. The number of methoxy groups -OCH3 is 1. The smallest absolute Gasteiger partial charge is 0.328 e. The molecule has 1 aliphatic rings. The number of para-hydroxylation sites is 2. The minimum atomic E-state index is -0.710.